The van der Waals surface area contributed by atoms with Crippen molar-refractivity contribution in [2.24, 2.45) is 0 Å². The molecule has 1 aromatic heterocycles. The lowest BCUT2D eigenvalue weighted by Gasteiger charge is -2.29. The lowest BCUT2D eigenvalue weighted by atomic mass is 10.00. The first-order chi connectivity index (χ1) is 9.65. The molecule has 1 aliphatic heterocycles. The second kappa shape index (κ2) is 5.64. The highest BCUT2D eigenvalue weighted by Crippen LogP contribution is 2.37. The number of nitrogens with zero attached hydrogens (tertiary/aromatic N) is 2. The van der Waals surface area contributed by atoms with Gasteiger partial charge in [0, 0.05) is 11.9 Å². The van der Waals surface area contributed by atoms with E-state index in [-0.39, 0.29) is 23.2 Å². The highest BCUT2D eigenvalue weighted by molar-refractivity contribution is 7.99. The van der Waals surface area contributed by atoms with Crippen LogP contribution in [0.25, 0.3) is 0 Å². The molecule has 0 saturated carbocycles. The van der Waals surface area contributed by atoms with Crippen molar-refractivity contribution in [3.8, 4) is 0 Å². The van der Waals surface area contributed by atoms with Crippen LogP contribution in [0.2, 0.25) is 0 Å². The van der Waals surface area contributed by atoms with Gasteiger partial charge >= 0.3 is 5.97 Å². The van der Waals surface area contributed by atoms with Gasteiger partial charge in [0.15, 0.2) is 15.0 Å². The van der Waals surface area contributed by atoms with Crippen LogP contribution < -0.4 is 0 Å². The van der Waals surface area contributed by atoms with Gasteiger partial charge in [-0.15, -0.1) is 0 Å². The lowest BCUT2D eigenvalue weighted by Crippen LogP contribution is -2.33. The molecule has 0 amide bonds. The molecule has 0 spiro atoms. The molecule has 0 aliphatic carbocycles. The predicted molar refractivity (Wildman–Crippen MR) is 81.6 cm³/mol. The summed E-state index contributed by atoms with van der Waals surface area (Å²) in [4.78, 5) is 15.1. The molecule has 118 valence electrons. The molecule has 0 aromatic carbocycles. The maximum absolute atomic E-state index is 11.9. The van der Waals surface area contributed by atoms with E-state index < -0.39 is 21.3 Å². The molecule has 2 heterocycles. The average molecular weight is 332 g/mol. The molecule has 1 aromatic rings. The van der Waals surface area contributed by atoms with Gasteiger partial charge in [-0.2, -0.15) is 0 Å². The molecule has 1 aliphatic rings. The van der Waals surface area contributed by atoms with Gasteiger partial charge in [-0.05, 0) is 19.3 Å². The Balaban J connectivity index is 2.44. The smallest absolute Gasteiger partial charge is 0.313 e. The monoisotopic (exact) mass is 332 g/mol. The topological polar surface area (TPSA) is 89.3 Å². The van der Waals surface area contributed by atoms with Crippen molar-refractivity contribution >= 4 is 27.6 Å². The third-order valence-electron chi connectivity index (χ3n) is 3.70. The Morgan fingerprint density at radius 2 is 2.24 bits per heavy atom. The van der Waals surface area contributed by atoms with Crippen LogP contribution in [0.15, 0.2) is 11.4 Å². The van der Waals surface area contributed by atoms with Crippen LogP contribution in [0, 0.1) is 0 Å². The molecule has 6 nitrogen and oxygen atoms in total. The van der Waals surface area contributed by atoms with Crippen molar-refractivity contribution in [2.45, 2.75) is 43.8 Å². The second-order valence-electron chi connectivity index (χ2n) is 5.98. The van der Waals surface area contributed by atoms with Gasteiger partial charge in [0.1, 0.15) is 0 Å². The Morgan fingerprint density at radius 1 is 1.57 bits per heavy atom. The third kappa shape index (κ3) is 3.42. The summed E-state index contributed by atoms with van der Waals surface area (Å²) in [7, 11) is -3.04. The van der Waals surface area contributed by atoms with Crippen LogP contribution in [0.3, 0.4) is 0 Å². The number of rotatable bonds is 5. The molecule has 8 heteroatoms. The van der Waals surface area contributed by atoms with E-state index in [1.807, 2.05) is 25.3 Å². The van der Waals surface area contributed by atoms with E-state index in [9.17, 15) is 13.2 Å². The Kier molecular flexibility index (Phi) is 4.39. The minimum Gasteiger partial charge on any atom is -0.481 e. The minimum absolute atomic E-state index is 0.0801. The normalized spacial score (nSPS) is 24.6. The van der Waals surface area contributed by atoms with Gasteiger partial charge in [-0.1, -0.05) is 25.6 Å². The molecule has 1 N–H and O–H groups in total. The number of imidazole rings is 1. The fourth-order valence-electron chi connectivity index (χ4n) is 2.70. The number of aliphatic carboxylic acids is 1. The van der Waals surface area contributed by atoms with Crippen molar-refractivity contribution < 1.29 is 18.3 Å². The van der Waals surface area contributed by atoms with Crippen molar-refractivity contribution in [3.63, 3.8) is 0 Å². The summed E-state index contributed by atoms with van der Waals surface area (Å²) >= 11 is 1.14. The first-order valence-electron chi connectivity index (χ1n) is 6.78. The van der Waals surface area contributed by atoms with Crippen LogP contribution in [0.5, 0.6) is 0 Å². The summed E-state index contributed by atoms with van der Waals surface area (Å²) in [6.45, 7) is 5.95. The number of hydrogen-bond donors (Lipinski definition) is 1. The van der Waals surface area contributed by atoms with Crippen molar-refractivity contribution in [3.05, 3.63) is 11.9 Å². The van der Waals surface area contributed by atoms with Gasteiger partial charge in [-0.3, -0.25) is 4.79 Å². The van der Waals surface area contributed by atoms with Crippen LogP contribution in [0.4, 0.5) is 0 Å². The maximum atomic E-state index is 11.9. The van der Waals surface area contributed by atoms with Gasteiger partial charge in [0.05, 0.1) is 22.8 Å². The molecule has 21 heavy (non-hydrogen) atoms. The summed E-state index contributed by atoms with van der Waals surface area (Å²) in [6.07, 6.45) is 2.26. The van der Waals surface area contributed by atoms with Crippen LogP contribution in [-0.4, -0.2) is 46.3 Å². The van der Waals surface area contributed by atoms with E-state index in [0.29, 0.717) is 11.6 Å². The maximum Gasteiger partial charge on any atom is 0.313 e. The zero-order chi connectivity index (χ0) is 15.8. The standard InChI is InChI=1S/C13H20N2O4S2/c1-9(2)10-6-14-12(20-7-11(16)17)15(10)13(3)4-5-21(18,19)8-13/h6,9H,4-5,7-8H2,1-3H3,(H,16,17). The number of carboxylic acid groups (broad SMARTS) is 1. The molecule has 2 rings (SSSR count). The Labute approximate surface area is 128 Å². The van der Waals surface area contributed by atoms with Gasteiger partial charge < -0.3 is 9.67 Å². The van der Waals surface area contributed by atoms with Crippen LogP contribution in [-0.2, 0) is 20.2 Å². The second-order valence-corrected chi connectivity index (χ2v) is 9.10. The zero-order valence-corrected chi connectivity index (χ0v) is 14.0. The van der Waals surface area contributed by atoms with Crippen molar-refractivity contribution in [2.75, 3.05) is 17.3 Å². The van der Waals surface area contributed by atoms with Crippen LogP contribution in [0.1, 0.15) is 38.8 Å². The van der Waals surface area contributed by atoms with E-state index in [0.717, 1.165) is 17.5 Å². The van der Waals surface area contributed by atoms with E-state index in [4.69, 9.17) is 5.11 Å². The Hall–Kier alpha value is -1.02. The molecule has 1 saturated heterocycles. The number of carbonyl (C=O) groups is 1. The number of hydrogen-bond acceptors (Lipinski definition) is 5. The molecule has 0 radical (unpaired) electrons. The van der Waals surface area contributed by atoms with Gasteiger partial charge in [-0.25, -0.2) is 13.4 Å². The molecule has 1 fully saturated rings. The SMILES string of the molecule is CC(C)c1cnc(SCC(=O)O)n1C1(C)CCS(=O)(=O)C1. The molecular weight excluding hydrogens is 312 g/mol. The van der Waals surface area contributed by atoms with E-state index in [1.165, 1.54) is 0 Å². The highest BCUT2D eigenvalue weighted by Gasteiger charge is 2.42. The number of sulfone groups is 1. The summed E-state index contributed by atoms with van der Waals surface area (Å²) < 4.78 is 25.7. The van der Waals surface area contributed by atoms with E-state index in [2.05, 4.69) is 4.98 Å². The number of aromatic nitrogens is 2. The zero-order valence-electron chi connectivity index (χ0n) is 12.4. The minimum atomic E-state index is -3.04. The first kappa shape index (κ1) is 16.4. The fourth-order valence-corrected chi connectivity index (χ4v) is 5.65. The summed E-state index contributed by atoms with van der Waals surface area (Å²) in [5.74, 6) is -0.558. The summed E-state index contributed by atoms with van der Waals surface area (Å²) in [6, 6.07) is 0. The van der Waals surface area contributed by atoms with Gasteiger partial charge in [0.2, 0.25) is 0 Å². The Morgan fingerprint density at radius 3 is 2.71 bits per heavy atom. The lowest BCUT2D eigenvalue weighted by molar-refractivity contribution is -0.133. The molecule has 1 atom stereocenters. The van der Waals surface area contributed by atoms with Crippen LogP contribution >= 0.6 is 11.8 Å². The molecule has 0 bridgehead atoms. The number of carboxylic acids is 1. The van der Waals surface area contributed by atoms with Crippen molar-refractivity contribution in [1.82, 2.24) is 9.55 Å². The summed E-state index contributed by atoms with van der Waals surface area (Å²) in [5.41, 5.74) is 0.401. The molecule has 1 unspecified atom stereocenters. The number of thioether (sulfide) groups is 1. The first-order valence-corrected chi connectivity index (χ1v) is 9.58. The fraction of sp³-hybridized carbons (Fsp3) is 0.692. The summed E-state index contributed by atoms with van der Waals surface area (Å²) in [5, 5.41) is 9.42. The average Bonchev–Trinajstić information content (AvgIpc) is 2.89. The highest BCUT2D eigenvalue weighted by atomic mass is 32.2. The third-order valence-corrected chi connectivity index (χ3v) is 6.52. The predicted octanol–water partition coefficient (Wildman–Crippen LogP) is 1.72. The Bertz CT molecular complexity index is 651. The largest absolute Gasteiger partial charge is 0.481 e. The molecular formula is C13H20N2O4S2. The van der Waals surface area contributed by atoms with Gasteiger partial charge in [0.25, 0.3) is 0 Å². The van der Waals surface area contributed by atoms with E-state index >= 15 is 0 Å². The van der Waals surface area contributed by atoms with E-state index in [1.54, 1.807) is 6.20 Å². The van der Waals surface area contributed by atoms with Crippen molar-refractivity contribution in [1.29, 1.82) is 0 Å². The quantitative estimate of drug-likeness (QED) is 0.826.